The van der Waals surface area contributed by atoms with Crippen molar-refractivity contribution in [2.24, 2.45) is 0 Å². The lowest BCUT2D eigenvalue weighted by Gasteiger charge is -2.34. The number of carbonyl (C=O) groups is 1. The van der Waals surface area contributed by atoms with Gasteiger partial charge in [0.05, 0.1) is 0 Å². The summed E-state index contributed by atoms with van der Waals surface area (Å²) < 4.78 is 0. The van der Waals surface area contributed by atoms with Crippen LogP contribution in [0.4, 0.5) is 11.6 Å². The maximum Gasteiger partial charge on any atom is 0.220 e. The fraction of sp³-hybridized carbons (Fsp3) is 0.722. The van der Waals surface area contributed by atoms with Crippen LogP contribution in [0.15, 0.2) is 12.4 Å². The summed E-state index contributed by atoms with van der Waals surface area (Å²) >= 11 is 0. The van der Waals surface area contributed by atoms with Crippen LogP contribution in [0.25, 0.3) is 0 Å². The number of nitrogens with one attached hydrogen (secondary N) is 2. The Morgan fingerprint density at radius 3 is 2.80 bits per heavy atom. The summed E-state index contributed by atoms with van der Waals surface area (Å²) in [7, 11) is 3.97. The van der Waals surface area contributed by atoms with E-state index < -0.39 is 0 Å². The minimum atomic E-state index is 0.222. The molecule has 7 heteroatoms. The molecule has 1 aromatic heterocycles. The molecule has 1 atom stereocenters. The molecule has 3 rings (SSSR count). The zero-order chi connectivity index (χ0) is 17.6. The molecular weight excluding hydrogens is 316 g/mol. The summed E-state index contributed by atoms with van der Waals surface area (Å²) in [4.78, 5) is 24.8. The zero-order valence-electron chi connectivity index (χ0n) is 15.4. The smallest absolute Gasteiger partial charge is 0.220 e. The number of piperidine rings is 1. The number of aromatic nitrogens is 2. The van der Waals surface area contributed by atoms with Crippen LogP contribution in [0.5, 0.6) is 0 Å². The molecule has 0 bridgehead atoms. The van der Waals surface area contributed by atoms with Crippen molar-refractivity contribution in [1.82, 2.24) is 20.2 Å². The highest BCUT2D eigenvalue weighted by atomic mass is 16.1. The highest BCUT2D eigenvalue weighted by Crippen LogP contribution is 2.19. The number of anilines is 2. The van der Waals surface area contributed by atoms with Gasteiger partial charge in [-0.05, 0) is 25.7 Å². The fourth-order valence-electron chi connectivity index (χ4n) is 3.64. The Morgan fingerprint density at radius 1 is 1.24 bits per heavy atom. The topological polar surface area (TPSA) is 73.4 Å². The lowest BCUT2D eigenvalue weighted by atomic mass is 10.0. The van der Waals surface area contributed by atoms with E-state index in [1.54, 1.807) is 6.33 Å². The Balaban J connectivity index is 1.45. The van der Waals surface area contributed by atoms with E-state index in [0.717, 1.165) is 63.4 Å². The van der Waals surface area contributed by atoms with Crippen molar-refractivity contribution < 1.29 is 4.79 Å². The molecule has 2 N–H and O–H groups in total. The number of nitrogens with zero attached hydrogens (tertiary/aromatic N) is 4. The molecule has 138 valence electrons. The standard InChI is InChI=1S/C18H30N6O/c1-23(2)17-11-16(19-13-20-17)21-14-7-9-24(10-8-14)12-15-5-3-4-6-18(25)22-15/h11,13-15H,3-10,12H2,1-2H3,(H,22,25)(H,19,20,21). The molecule has 1 unspecified atom stereocenters. The van der Waals surface area contributed by atoms with Crippen LogP contribution < -0.4 is 15.5 Å². The SMILES string of the molecule is CN(C)c1cc(NC2CCN(CC3CCCCC(=O)N3)CC2)ncn1. The summed E-state index contributed by atoms with van der Waals surface area (Å²) in [6, 6.07) is 2.77. The minimum Gasteiger partial charge on any atom is -0.367 e. The first-order chi connectivity index (χ1) is 12.1. The molecule has 0 aliphatic carbocycles. The molecule has 2 aliphatic rings. The van der Waals surface area contributed by atoms with Gasteiger partial charge in [-0.1, -0.05) is 6.42 Å². The first-order valence-corrected chi connectivity index (χ1v) is 9.38. The Kier molecular flexibility index (Phi) is 6.07. The monoisotopic (exact) mass is 346 g/mol. The van der Waals surface area contributed by atoms with Gasteiger partial charge in [-0.25, -0.2) is 9.97 Å². The van der Waals surface area contributed by atoms with Gasteiger partial charge in [0.15, 0.2) is 0 Å². The van der Waals surface area contributed by atoms with Crippen LogP contribution in [0, 0.1) is 0 Å². The third kappa shape index (κ3) is 5.29. The van der Waals surface area contributed by atoms with Crippen molar-refractivity contribution in [3.05, 3.63) is 12.4 Å². The molecule has 25 heavy (non-hydrogen) atoms. The largest absolute Gasteiger partial charge is 0.367 e. The first-order valence-electron chi connectivity index (χ1n) is 9.38. The Morgan fingerprint density at radius 2 is 2.04 bits per heavy atom. The third-order valence-corrected chi connectivity index (χ3v) is 5.10. The van der Waals surface area contributed by atoms with Gasteiger partial charge in [-0.3, -0.25) is 4.79 Å². The molecule has 0 aromatic carbocycles. The minimum absolute atomic E-state index is 0.222. The van der Waals surface area contributed by atoms with Gasteiger partial charge in [0.1, 0.15) is 18.0 Å². The number of rotatable bonds is 5. The fourth-order valence-corrected chi connectivity index (χ4v) is 3.64. The molecule has 1 aromatic rings. The van der Waals surface area contributed by atoms with E-state index in [0.29, 0.717) is 18.5 Å². The molecule has 7 nitrogen and oxygen atoms in total. The van der Waals surface area contributed by atoms with E-state index in [1.165, 1.54) is 0 Å². The van der Waals surface area contributed by atoms with Crippen LogP contribution in [0.2, 0.25) is 0 Å². The van der Waals surface area contributed by atoms with Crippen molar-refractivity contribution >= 4 is 17.5 Å². The Hall–Kier alpha value is -1.89. The second-order valence-electron chi connectivity index (χ2n) is 7.39. The predicted molar refractivity (Wildman–Crippen MR) is 99.8 cm³/mol. The van der Waals surface area contributed by atoms with E-state index >= 15 is 0 Å². The van der Waals surface area contributed by atoms with Crippen LogP contribution in [0.1, 0.15) is 38.5 Å². The normalized spacial score (nSPS) is 23.0. The number of amides is 1. The lowest BCUT2D eigenvalue weighted by Crippen LogP contribution is -2.47. The van der Waals surface area contributed by atoms with Gasteiger partial charge in [0, 0.05) is 58.3 Å². The van der Waals surface area contributed by atoms with Gasteiger partial charge in [0.2, 0.25) is 5.91 Å². The average molecular weight is 346 g/mol. The van der Waals surface area contributed by atoms with E-state index in [2.05, 4.69) is 25.5 Å². The molecule has 0 spiro atoms. The van der Waals surface area contributed by atoms with Gasteiger partial charge >= 0.3 is 0 Å². The summed E-state index contributed by atoms with van der Waals surface area (Å²) in [5.41, 5.74) is 0. The number of likely N-dealkylation sites (tertiary alicyclic amines) is 1. The van der Waals surface area contributed by atoms with Crippen LogP contribution in [0.3, 0.4) is 0 Å². The van der Waals surface area contributed by atoms with Gasteiger partial charge in [-0.2, -0.15) is 0 Å². The summed E-state index contributed by atoms with van der Waals surface area (Å²) in [6.45, 7) is 3.11. The quantitative estimate of drug-likeness (QED) is 0.841. The molecule has 1 amide bonds. The van der Waals surface area contributed by atoms with Gasteiger partial charge in [0.25, 0.3) is 0 Å². The molecule has 0 saturated carbocycles. The van der Waals surface area contributed by atoms with E-state index in [9.17, 15) is 4.79 Å². The van der Waals surface area contributed by atoms with Gasteiger partial charge in [-0.15, -0.1) is 0 Å². The van der Waals surface area contributed by atoms with Crippen molar-refractivity contribution in [2.45, 2.75) is 50.6 Å². The van der Waals surface area contributed by atoms with Crippen molar-refractivity contribution in [3.63, 3.8) is 0 Å². The van der Waals surface area contributed by atoms with E-state index in [-0.39, 0.29) is 5.91 Å². The summed E-state index contributed by atoms with van der Waals surface area (Å²) in [5, 5.41) is 6.72. The predicted octanol–water partition coefficient (Wildman–Crippen LogP) is 1.48. The number of carbonyl (C=O) groups excluding carboxylic acids is 1. The summed E-state index contributed by atoms with van der Waals surface area (Å²) in [6.07, 6.45) is 7.80. The Labute approximate surface area is 150 Å². The van der Waals surface area contributed by atoms with E-state index in [4.69, 9.17) is 0 Å². The van der Waals surface area contributed by atoms with Gasteiger partial charge < -0.3 is 20.4 Å². The molecular formula is C18H30N6O. The number of hydrogen-bond donors (Lipinski definition) is 2. The lowest BCUT2D eigenvalue weighted by molar-refractivity contribution is -0.121. The maximum atomic E-state index is 11.7. The highest BCUT2D eigenvalue weighted by Gasteiger charge is 2.23. The van der Waals surface area contributed by atoms with Crippen molar-refractivity contribution in [2.75, 3.05) is 43.9 Å². The maximum absolute atomic E-state index is 11.7. The van der Waals surface area contributed by atoms with Crippen LogP contribution in [-0.2, 0) is 4.79 Å². The average Bonchev–Trinajstić information content (AvgIpc) is 2.81. The first kappa shape index (κ1) is 17.9. The van der Waals surface area contributed by atoms with Crippen LogP contribution >= 0.6 is 0 Å². The molecule has 2 fully saturated rings. The van der Waals surface area contributed by atoms with Crippen molar-refractivity contribution in [3.8, 4) is 0 Å². The van der Waals surface area contributed by atoms with Crippen LogP contribution in [-0.4, -0.2) is 66.6 Å². The van der Waals surface area contributed by atoms with Crippen molar-refractivity contribution in [1.29, 1.82) is 0 Å². The van der Waals surface area contributed by atoms with E-state index in [1.807, 2.05) is 25.1 Å². The highest BCUT2D eigenvalue weighted by molar-refractivity contribution is 5.76. The summed E-state index contributed by atoms with van der Waals surface area (Å²) in [5.74, 6) is 2.03. The molecule has 0 radical (unpaired) electrons. The third-order valence-electron chi connectivity index (χ3n) is 5.10. The number of hydrogen-bond acceptors (Lipinski definition) is 6. The Bertz CT molecular complexity index is 570. The second-order valence-corrected chi connectivity index (χ2v) is 7.39. The zero-order valence-corrected chi connectivity index (χ0v) is 15.4. The molecule has 2 saturated heterocycles. The molecule has 3 heterocycles. The second kappa shape index (κ2) is 8.47. The molecule has 2 aliphatic heterocycles.